The maximum Gasteiger partial charge on any atom is 0.331 e. The third-order valence-corrected chi connectivity index (χ3v) is 1.67. The molecule has 76 valence electrons. The van der Waals surface area contributed by atoms with Crippen LogP contribution in [0.25, 0.3) is 0 Å². The largest absolute Gasteiger partial charge is 0.492 e. The number of hydrogen-bond donors (Lipinski definition) is 2. The fraction of sp³-hybridized carbons (Fsp3) is 0.250. The molecule has 0 amide bonds. The van der Waals surface area contributed by atoms with Crippen molar-refractivity contribution in [3.63, 3.8) is 0 Å². The van der Waals surface area contributed by atoms with Crippen LogP contribution >= 0.6 is 0 Å². The number of H-pyrrole nitrogens is 1. The zero-order valence-corrected chi connectivity index (χ0v) is 7.29. The van der Waals surface area contributed by atoms with Gasteiger partial charge in [0.15, 0.2) is 0 Å². The lowest BCUT2D eigenvalue weighted by atomic mass is 10.4. The molecule has 1 aromatic heterocycles. The Morgan fingerprint density at radius 2 is 2.21 bits per heavy atom. The number of aromatic nitrogens is 2. The van der Waals surface area contributed by atoms with Gasteiger partial charge in [-0.1, -0.05) is 6.08 Å². The molecular formula is C8H9FN2O3. The lowest BCUT2D eigenvalue weighted by Crippen LogP contribution is -2.31. The van der Waals surface area contributed by atoms with Crippen LogP contribution in [0.5, 0.6) is 5.88 Å². The summed E-state index contributed by atoms with van der Waals surface area (Å²) in [5.41, 5.74) is -2.06. The highest BCUT2D eigenvalue weighted by Gasteiger charge is 2.12. The molecule has 1 rings (SSSR count). The average Bonchev–Trinajstić information content (AvgIpc) is 2.14. The summed E-state index contributed by atoms with van der Waals surface area (Å²) in [5, 5.41) is 9.12. The van der Waals surface area contributed by atoms with E-state index in [2.05, 4.69) is 6.58 Å². The number of nitrogens with zero attached hydrogens (tertiary/aromatic N) is 1. The third kappa shape index (κ3) is 1.73. The third-order valence-electron chi connectivity index (χ3n) is 1.67. The first-order valence-electron chi connectivity index (χ1n) is 3.90. The molecular weight excluding hydrogens is 191 g/mol. The summed E-state index contributed by atoms with van der Waals surface area (Å²) in [5.74, 6) is -2.30. The van der Waals surface area contributed by atoms with E-state index in [1.165, 1.54) is 6.08 Å². The Morgan fingerprint density at radius 1 is 1.57 bits per heavy atom. The number of nitrogens with one attached hydrogen (secondary N) is 1. The summed E-state index contributed by atoms with van der Waals surface area (Å²) in [6.07, 6.45) is 1.90. The Balaban J connectivity index is 3.29. The van der Waals surface area contributed by atoms with Gasteiger partial charge in [0.1, 0.15) is 0 Å². The van der Waals surface area contributed by atoms with Gasteiger partial charge in [0.25, 0.3) is 5.56 Å². The maximum atomic E-state index is 12.8. The van der Waals surface area contributed by atoms with E-state index in [0.29, 0.717) is 6.42 Å². The Labute approximate surface area is 78.1 Å². The molecule has 1 heterocycles. The summed E-state index contributed by atoms with van der Waals surface area (Å²) < 4.78 is 13.6. The fourth-order valence-corrected chi connectivity index (χ4v) is 0.964. The fourth-order valence-electron chi connectivity index (χ4n) is 0.964. The van der Waals surface area contributed by atoms with Crippen LogP contribution < -0.4 is 11.2 Å². The van der Waals surface area contributed by atoms with Crippen LogP contribution in [0.3, 0.4) is 0 Å². The highest BCUT2D eigenvalue weighted by molar-refractivity contribution is 5.09. The van der Waals surface area contributed by atoms with E-state index in [1.54, 1.807) is 4.98 Å². The number of rotatable bonds is 3. The molecule has 0 aromatic carbocycles. The van der Waals surface area contributed by atoms with Crippen molar-refractivity contribution in [2.75, 3.05) is 0 Å². The van der Waals surface area contributed by atoms with Crippen molar-refractivity contribution >= 4 is 0 Å². The minimum atomic E-state index is -1.35. The second-order valence-corrected chi connectivity index (χ2v) is 2.63. The van der Waals surface area contributed by atoms with Crippen LogP contribution in [-0.4, -0.2) is 14.7 Å². The van der Waals surface area contributed by atoms with Gasteiger partial charge in [0.2, 0.25) is 11.7 Å². The van der Waals surface area contributed by atoms with Crippen molar-refractivity contribution in [3.05, 3.63) is 39.3 Å². The number of aromatic hydroxyl groups is 1. The molecule has 0 fully saturated rings. The van der Waals surface area contributed by atoms with Crippen molar-refractivity contribution < 1.29 is 9.50 Å². The van der Waals surface area contributed by atoms with Gasteiger partial charge in [0.05, 0.1) is 0 Å². The lowest BCUT2D eigenvalue weighted by molar-refractivity contribution is 0.361. The monoisotopic (exact) mass is 200 g/mol. The quantitative estimate of drug-likeness (QED) is 0.672. The number of aromatic amines is 1. The second-order valence-electron chi connectivity index (χ2n) is 2.63. The van der Waals surface area contributed by atoms with Crippen molar-refractivity contribution in [1.82, 2.24) is 9.55 Å². The Morgan fingerprint density at radius 3 is 2.79 bits per heavy atom. The standard InChI is InChI=1S/C8H9FN2O3/c1-2-3-4-11-7(13)5(9)6(12)10-8(11)14/h2,13H,1,3-4H2,(H,10,12,14). The van der Waals surface area contributed by atoms with E-state index in [-0.39, 0.29) is 6.54 Å². The first kappa shape index (κ1) is 10.2. The van der Waals surface area contributed by atoms with E-state index in [1.807, 2.05) is 0 Å². The normalized spacial score (nSPS) is 10.1. The molecule has 0 unspecified atom stereocenters. The zero-order valence-electron chi connectivity index (χ0n) is 7.29. The molecule has 14 heavy (non-hydrogen) atoms. The van der Waals surface area contributed by atoms with Gasteiger partial charge in [-0.2, -0.15) is 4.39 Å². The predicted molar refractivity (Wildman–Crippen MR) is 47.8 cm³/mol. The van der Waals surface area contributed by atoms with Gasteiger partial charge in [-0.05, 0) is 6.42 Å². The smallest absolute Gasteiger partial charge is 0.331 e. The Bertz CT molecular complexity index is 461. The molecule has 0 aliphatic rings. The summed E-state index contributed by atoms with van der Waals surface area (Å²) in [7, 11) is 0. The zero-order chi connectivity index (χ0) is 10.7. The molecule has 0 saturated carbocycles. The molecule has 2 N–H and O–H groups in total. The van der Waals surface area contributed by atoms with E-state index in [0.717, 1.165) is 4.57 Å². The summed E-state index contributed by atoms with van der Waals surface area (Å²) in [6, 6.07) is 0. The first-order chi connectivity index (χ1) is 6.57. The van der Waals surface area contributed by atoms with Gasteiger partial charge in [-0.3, -0.25) is 14.3 Å². The van der Waals surface area contributed by atoms with Crippen molar-refractivity contribution in [1.29, 1.82) is 0 Å². The minimum absolute atomic E-state index is 0.0713. The van der Waals surface area contributed by atoms with Crippen LogP contribution in [0, 0.1) is 5.82 Å². The van der Waals surface area contributed by atoms with Gasteiger partial charge < -0.3 is 5.11 Å². The highest BCUT2D eigenvalue weighted by atomic mass is 19.1. The molecule has 0 spiro atoms. The van der Waals surface area contributed by atoms with Crippen LogP contribution in [0.1, 0.15) is 6.42 Å². The van der Waals surface area contributed by atoms with E-state index < -0.39 is 22.9 Å². The van der Waals surface area contributed by atoms with Crippen LogP contribution in [0.2, 0.25) is 0 Å². The van der Waals surface area contributed by atoms with Crippen LogP contribution in [0.15, 0.2) is 22.2 Å². The van der Waals surface area contributed by atoms with Gasteiger partial charge in [0, 0.05) is 6.54 Å². The average molecular weight is 200 g/mol. The van der Waals surface area contributed by atoms with Crippen LogP contribution in [-0.2, 0) is 6.54 Å². The van der Waals surface area contributed by atoms with Gasteiger partial charge in [-0.15, -0.1) is 6.58 Å². The predicted octanol–water partition coefficient (Wildman–Crippen LogP) is -0.0426. The number of halogens is 1. The Hall–Kier alpha value is -1.85. The van der Waals surface area contributed by atoms with E-state index in [9.17, 15) is 14.0 Å². The molecule has 0 atom stereocenters. The summed E-state index contributed by atoms with van der Waals surface area (Å²) in [6.45, 7) is 3.48. The minimum Gasteiger partial charge on any atom is -0.492 e. The second kappa shape index (κ2) is 3.91. The van der Waals surface area contributed by atoms with E-state index >= 15 is 0 Å². The first-order valence-corrected chi connectivity index (χ1v) is 3.90. The summed E-state index contributed by atoms with van der Waals surface area (Å²) in [4.78, 5) is 23.5. The van der Waals surface area contributed by atoms with Crippen molar-refractivity contribution in [2.45, 2.75) is 13.0 Å². The number of hydrogen-bond acceptors (Lipinski definition) is 3. The van der Waals surface area contributed by atoms with Crippen LogP contribution in [0.4, 0.5) is 4.39 Å². The molecule has 1 aromatic rings. The van der Waals surface area contributed by atoms with Crippen molar-refractivity contribution in [2.24, 2.45) is 0 Å². The molecule has 0 aliphatic carbocycles. The van der Waals surface area contributed by atoms with Gasteiger partial charge >= 0.3 is 5.69 Å². The van der Waals surface area contributed by atoms with Gasteiger partial charge in [-0.25, -0.2) is 4.79 Å². The number of allylic oxidation sites excluding steroid dienone is 1. The summed E-state index contributed by atoms with van der Waals surface area (Å²) >= 11 is 0. The SMILES string of the molecule is C=CCCn1c(O)c(F)c(=O)[nH]c1=O. The molecule has 0 aliphatic heterocycles. The topological polar surface area (TPSA) is 75.1 Å². The van der Waals surface area contributed by atoms with E-state index in [4.69, 9.17) is 5.11 Å². The molecule has 5 nitrogen and oxygen atoms in total. The highest BCUT2D eigenvalue weighted by Crippen LogP contribution is 2.07. The maximum absolute atomic E-state index is 12.8. The lowest BCUT2D eigenvalue weighted by Gasteiger charge is -2.05. The molecule has 0 bridgehead atoms. The molecule has 0 saturated heterocycles. The molecule has 0 radical (unpaired) electrons. The molecule has 6 heteroatoms. The van der Waals surface area contributed by atoms with Crippen molar-refractivity contribution in [3.8, 4) is 5.88 Å². The Kier molecular flexibility index (Phi) is 2.85.